The van der Waals surface area contributed by atoms with Crippen molar-refractivity contribution >= 4 is 11.9 Å². The normalized spacial score (nSPS) is 22.6. The van der Waals surface area contributed by atoms with Gasteiger partial charge in [-0.1, -0.05) is 32.6 Å². The second kappa shape index (κ2) is 9.11. The summed E-state index contributed by atoms with van der Waals surface area (Å²) in [5.74, 6) is 0.0869. The monoisotopic (exact) mass is 324 g/mol. The van der Waals surface area contributed by atoms with Crippen LogP contribution in [-0.4, -0.2) is 71.9 Å². The van der Waals surface area contributed by atoms with Gasteiger partial charge in [-0.15, -0.1) is 0 Å². The number of nitrogens with zero attached hydrogens (tertiary/aromatic N) is 3. The molecule has 2 N–H and O–H groups in total. The van der Waals surface area contributed by atoms with Crippen LogP contribution >= 0.6 is 0 Å². The van der Waals surface area contributed by atoms with Crippen LogP contribution in [-0.2, 0) is 4.79 Å². The fraction of sp³-hybridized carbons (Fsp3) is 0.882. The summed E-state index contributed by atoms with van der Waals surface area (Å²) >= 11 is 0. The molecule has 3 amide bonds. The van der Waals surface area contributed by atoms with Gasteiger partial charge in [-0.05, 0) is 25.8 Å². The van der Waals surface area contributed by atoms with E-state index in [1.165, 1.54) is 37.0 Å². The summed E-state index contributed by atoms with van der Waals surface area (Å²) in [6, 6.07) is -0.792. The molecule has 132 valence electrons. The predicted octanol–water partition coefficient (Wildman–Crippen LogP) is 1.64. The van der Waals surface area contributed by atoms with E-state index in [0.29, 0.717) is 6.54 Å². The second-order valence-electron chi connectivity index (χ2n) is 6.77. The number of amides is 3. The Balaban J connectivity index is 1.69. The van der Waals surface area contributed by atoms with Gasteiger partial charge in [0.2, 0.25) is 5.91 Å². The molecule has 0 radical (unpaired) electrons. The molecule has 0 bridgehead atoms. The lowest BCUT2D eigenvalue weighted by Gasteiger charge is -2.37. The molecule has 2 aliphatic heterocycles. The van der Waals surface area contributed by atoms with Crippen LogP contribution in [0.25, 0.3) is 0 Å². The number of carbonyl (C=O) groups is 2. The van der Waals surface area contributed by atoms with Crippen molar-refractivity contribution in [1.82, 2.24) is 14.7 Å². The molecular formula is C17H32N4O2. The first-order valence-electron chi connectivity index (χ1n) is 9.20. The highest BCUT2D eigenvalue weighted by Gasteiger charge is 2.36. The molecule has 6 heteroatoms. The van der Waals surface area contributed by atoms with Gasteiger partial charge < -0.3 is 15.5 Å². The number of carbonyl (C=O) groups excluding carboxylic acids is 2. The zero-order valence-corrected chi connectivity index (χ0v) is 14.5. The maximum absolute atomic E-state index is 12.6. The minimum absolute atomic E-state index is 0.0869. The third kappa shape index (κ3) is 5.09. The largest absolute Gasteiger partial charge is 0.351 e. The molecule has 0 aliphatic carbocycles. The Morgan fingerprint density at radius 3 is 2.35 bits per heavy atom. The fourth-order valence-electron chi connectivity index (χ4n) is 3.63. The minimum atomic E-state index is -0.466. The maximum Gasteiger partial charge on any atom is 0.315 e. The topological polar surface area (TPSA) is 69.9 Å². The van der Waals surface area contributed by atoms with Crippen LogP contribution in [0.15, 0.2) is 0 Å². The standard InChI is InChI=1S/C17H32N4O2/c1-2-3-4-5-6-9-19-11-13-20(14-12-19)16(22)15-8-7-10-21(15)17(18)23/h15H,2-14H2,1H3,(H2,18,23)/t15-/m0/s1. The van der Waals surface area contributed by atoms with Gasteiger partial charge in [0.15, 0.2) is 0 Å². The first kappa shape index (κ1) is 18.0. The Labute approximate surface area is 140 Å². The van der Waals surface area contributed by atoms with Crippen molar-refractivity contribution < 1.29 is 9.59 Å². The summed E-state index contributed by atoms with van der Waals surface area (Å²) in [4.78, 5) is 29.9. The number of unbranched alkanes of at least 4 members (excludes halogenated alkanes) is 4. The van der Waals surface area contributed by atoms with Crippen LogP contribution in [0.3, 0.4) is 0 Å². The molecule has 2 rings (SSSR count). The highest BCUT2D eigenvalue weighted by molar-refractivity contribution is 5.87. The van der Waals surface area contributed by atoms with Crippen LogP contribution in [0.4, 0.5) is 4.79 Å². The van der Waals surface area contributed by atoms with Gasteiger partial charge >= 0.3 is 6.03 Å². The van der Waals surface area contributed by atoms with Crippen molar-refractivity contribution in [2.24, 2.45) is 5.73 Å². The highest BCUT2D eigenvalue weighted by Crippen LogP contribution is 2.20. The lowest BCUT2D eigenvalue weighted by molar-refractivity contribution is -0.136. The average molecular weight is 324 g/mol. The van der Waals surface area contributed by atoms with E-state index in [0.717, 1.165) is 45.6 Å². The zero-order valence-electron chi connectivity index (χ0n) is 14.5. The number of hydrogen-bond acceptors (Lipinski definition) is 3. The quantitative estimate of drug-likeness (QED) is 0.724. The van der Waals surface area contributed by atoms with E-state index in [4.69, 9.17) is 5.73 Å². The smallest absolute Gasteiger partial charge is 0.315 e. The Morgan fingerprint density at radius 1 is 1.00 bits per heavy atom. The molecular weight excluding hydrogens is 292 g/mol. The minimum Gasteiger partial charge on any atom is -0.351 e. The molecule has 0 aromatic heterocycles. The Hall–Kier alpha value is -1.30. The zero-order chi connectivity index (χ0) is 16.7. The van der Waals surface area contributed by atoms with E-state index in [2.05, 4.69) is 11.8 Å². The summed E-state index contributed by atoms with van der Waals surface area (Å²) in [7, 11) is 0. The van der Waals surface area contributed by atoms with Crippen molar-refractivity contribution in [3.63, 3.8) is 0 Å². The number of primary amides is 1. The third-order valence-electron chi connectivity index (χ3n) is 5.08. The number of piperazine rings is 1. The van der Waals surface area contributed by atoms with Gasteiger partial charge in [-0.2, -0.15) is 0 Å². The van der Waals surface area contributed by atoms with E-state index in [1.807, 2.05) is 4.90 Å². The number of likely N-dealkylation sites (tertiary alicyclic amines) is 1. The van der Waals surface area contributed by atoms with Crippen molar-refractivity contribution in [3.8, 4) is 0 Å². The SMILES string of the molecule is CCCCCCCN1CCN(C(=O)[C@@H]2CCCN2C(N)=O)CC1. The number of nitrogens with two attached hydrogens (primary N) is 1. The Morgan fingerprint density at radius 2 is 1.70 bits per heavy atom. The van der Waals surface area contributed by atoms with Crippen LogP contribution in [0, 0.1) is 0 Å². The average Bonchev–Trinajstić information content (AvgIpc) is 3.04. The molecule has 0 aromatic carbocycles. The molecule has 2 saturated heterocycles. The Bertz CT molecular complexity index is 394. The van der Waals surface area contributed by atoms with Crippen molar-refractivity contribution in [3.05, 3.63) is 0 Å². The van der Waals surface area contributed by atoms with Gasteiger partial charge in [-0.3, -0.25) is 9.69 Å². The summed E-state index contributed by atoms with van der Waals surface area (Å²) in [5.41, 5.74) is 5.38. The molecule has 0 saturated carbocycles. The van der Waals surface area contributed by atoms with Crippen LogP contribution < -0.4 is 5.73 Å². The lowest BCUT2D eigenvalue weighted by Crippen LogP contribution is -2.55. The highest BCUT2D eigenvalue weighted by atomic mass is 16.2. The maximum atomic E-state index is 12.6. The molecule has 2 heterocycles. The number of rotatable bonds is 7. The molecule has 0 aromatic rings. The summed E-state index contributed by atoms with van der Waals surface area (Å²) in [6.45, 7) is 7.44. The lowest BCUT2D eigenvalue weighted by atomic mass is 10.1. The van der Waals surface area contributed by atoms with Gasteiger partial charge in [0.1, 0.15) is 6.04 Å². The van der Waals surface area contributed by atoms with Gasteiger partial charge in [0.25, 0.3) is 0 Å². The molecule has 23 heavy (non-hydrogen) atoms. The summed E-state index contributed by atoms with van der Waals surface area (Å²) in [6.07, 6.45) is 8.13. The van der Waals surface area contributed by atoms with Crippen molar-refractivity contribution in [1.29, 1.82) is 0 Å². The van der Waals surface area contributed by atoms with E-state index in [-0.39, 0.29) is 11.9 Å². The van der Waals surface area contributed by atoms with Gasteiger partial charge in [0.05, 0.1) is 0 Å². The molecule has 2 aliphatic rings. The van der Waals surface area contributed by atoms with Crippen LogP contribution in [0.2, 0.25) is 0 Å². The fourth-order valence-corrected chi connectivity index (χ4v) is 3.63. The molecule has 0 spiro atoms. The Kier molecular flexibility index (Phi) is 7.15. The molecule has 6 nitrogen and oxygen atoms in total. The van der Waals surface area contributed by atoms with E-state index < -0.39 is 6.03 Å². The molecule has 2 fully saturated rings. The van der Waals surface area contributed by atoms with Crippen LogP contribution in [0.1, 0.15) is 51.9 Å². The number of hydrogen-bond donors (Lipinski definition) is 1. The predicted molar refractivity (Wildman–Crippen MR) is 91.1 cm³/mol. The number of urea groups is 1. The van der Waals surface area contributed by atoms with E-state index >= 15 is 0 Å². The molecule has 0 unspecified atom stereocenters. The van der Waals surface area contributed by atoms with Crippen LogP contribution in [0.5, 0.6) is 0 Å². The third-order valence-corrected chi connectivity index (χ3v) is 5.08. The van der Waals surface area contributed by atoms with Crippen molar-refractivity contribution in [2.45, 2.75) is 57.9 Å². The molecule has 1 atom stereocenters. The summed E-state index contributed by atoms with van der Waals surface area (Å²) < 4.78 is 0. The summed E-state index contributed by atoms with van der Waals surface area (Å²) in [5, 5.41) is 0. The second-order valence-corrected chi connectivity index (χ2v) is 6.77. The van der Waals surface area contributed by atoms with Gasteiger partial charge in [0, 0.05) is 32.7 Å². The first-order valence-corrected chi connectivity index (χ1v) is 9.20. The van der Waals surface area contributed by atoms with Crippen molar-refractivity contribution in [2.75, 3.05) is 39.3 Å². The van der Waals surface area contributed by atoms with E-state index in [1.54, 1.807) is 0 Å². The van der Waals surface area contributed by atoms with E-state index in [9.17, 15) is 9.59 Å². The first-order chi connectivity index (χ1) is 11.1. The van der Waals surface area contributed by atoms with Gasteiger partial charge in [-0.25, -0.2) is 4.79 Å².